The first-order chi connectivity index (χ1) is 10.5. The van der Waals surface area contributed by atoms with Gasteiger partial charge in [0, 0.05) is 6.07 Å². The minimum absolute atomic E-state index is 0.0502. The molecule has 116 valence electrons. The van der Waals surface area contributed by atoms with E-state index in [1.807, 2.05) is 0 Å². The summed E-state index contributed by atoms with van der Waals surface area (Å²) in [5.41, 5.74) is -0.460. The van der Waals surface area contributed by atoms with E-state index in [4.69, 9.17) is 9.47 Å². The predicted molar refractivity (Wildman–Crippen MR) is 73.8 cm³/mol. The Morgan fingerprint density at radius 1 is 1.23 bits per heavy atom. The van der Waals surface area contributed by atoms with E-state index in [-0.39, 0.29) is 24.6 Å². The Bertz CT molecular complexity index is 752. The van der Waals surface area contributed by atoms with E-state index in [1.54, 1.807) is 13.8 Å². The average molecular weight is 307 g/mol. The number of rotatable bonds is 5. The van der Waals surface area contributed by atoms with E-state index >= 15 is 0 Å². The third-order valence-corrected chi connectivity index (χ3v) is 2.75. The number of pyridine rings is 1. The summed E-state index contributed by atoms with van der Waals surface area (Å²) in [5, 5.41) is 11.3. The molecule has 2 aromatic rings. The van der Waals surface area contributed by atoms with Crippen molar-refractivity contribution in [1.29, 1.82) is 0 Å². The van der Waals surface area contributed by atoms with Crippen molar-refractivity contribution in [1.82, 2.24) is 9.38 Å². The second-order valence-corrected chi connectivity index (χ2v) is 4.09. The van der Waals surface area contributed by atoms with Gasteiger partial charge in [-0.25, -0.2) is 9.59 Å². The molecule has 0 aromatic carbocycles. The maximum atomic E-state index is 11.9. The summed E-state index contributed by atoms with van der Waals surface area (Å²) in [7, 11) is 0. The molecule has 2 rings (SSSR count). The predicted octanol–water partition coefficient (Wildman–Crippen LogP) is 1.60. The van der Waals surface area contributed by atoms with E-state index in [0.29, 0.717) is 0 Å². The number of ether oxygens (including phenoxy) is 2. The Kier molecular flexibility index (Phi) is 4.35. The standard InChI is InChI=1S/C13H13N3O6/c1-3-21-12(17)8-6-5-7-9-14-10(13(18)22-4-2)11(15(8)9)16(19)20/h5-7H,3-4H2,1-2H3. The zero-order valence-corrected chi connectivity index (χ0v) is 11.9. The van der Waals surface area contributed by atoms with Crippen LogP contribution in [0, 0.1) is 10.1 Å². The van der Waals surface area contributed by atoms with Crippen molar-refractivity contribution in [3.63, 3.8) is 0 Å². The van der Waals surface area contributed by atoms with Gasteiger partial charge in [0.25, 0.3) is 0 Å². The number of hydrogen-bond acceptors (Lipinski definition) is 7. The van der Waals surface area contributed by atoms with Crippen LogP contribution < -0.4 is 0 Å². The average Bonchev–Trinajstić information content (AvgIpc) is 2.87. The van der Waals surface area contributed by atoms with Crippen LogP contribution in [0.3, 0.4) is 0 Å². The Labute approximate surface area is 124 Å². The number of aromatic nitrogens is 2. The number of nitro groups is 1. The molecule has 2 heterocycles. The Balaban J connectivity index is 2.73. The van der Waals surface area contributed by atoms with Crippen LogP contribution in [-0.2, 0) is 9.47 Å². The van der Waals surface area contributed by atoms with Crippen molar-refractivity contribution in [2.24, 2.45) is 0 Å². The zero-order chi connectivity index (χ0) is 16.3. The van der Waals surface area contributed by atoms with Crippen LogP contribution in [-0.4, -0.2) is 39.5 Å². The van der Waals surface area contributed by atoms with Crippen molar-refractivity contribution in [2.75, 3.05) is 13.2 Å². The summed E-state index contributed by atoms with van der Waals surface area (Å²) in [6.07, 6.45) is 0. The Hall–Kier alpha value is -2.97. The summed E-state index contributed by atoms with van der Waals surface area (Å²) in [6, 6.07) is 4.29. The van der Waals surface area contributed by atoms with Crippen molar-refractivity contribution in [3.05, 3.63) is 39.7 Å². The van der Waals surface area contributed by atoms with Crippen molar-refractivity contribution in [3.8, 4) is 0 Å². The van der Waals surface area contributed by atoms with Gasteiger partial charge in [-0.05, 0) is 24.8 Å². The molecule has 0 aliphatic carbocycles. The van der Waals surface area contributed by atoms with Crippen molar-refractivity contribution in [2.45, 2.75) is 13.8 Å². The highest BCUT2D eigenvalue weighted by Gasteiger charge is 2.32. The van der Waals surface area contributed by atoms with Crippen LogP contribution in [0.5, 0.6) is 0 Å². The number of fused-ring (bicyclic) bond motifs is 1. The fraction of sp³-hybridized carbons (Fsp3) is 0.308. The molecule has 2 aromatic heterocycles. The van der Waals surface area contributed by atoms with E-state index in [2.05, 4.69) is 4.98 Å². The largest absolute Gasteiger partial charge is 0.461 e. The SMILES string of the molecule is CCOC(=O)c1nc2cccc(C(=O)OCC)n2c1[N+](=O)[O-]. The molecule has 0 N–H and O–H groups in total. The van der Waals surface area contributed by atoms with Gasteiger partial charge in [-0.3, -0.25) is 0 Å². The lowest BCUT2D eigenvalue weighted by molar-refractivity contribution is -0.390. The smallest absolute Gasteiger partial charge is 0.378 e. The van der Waals surface area contributed by atoms with Gasteiger partial charge in [-0.2, -0.15) is 9.38 Å². The van der Waals surface area contributed by atoms with Crippen LogP contribution in [0.25, 0.3) is 5.65 Å². The van der Waals surface area contributed by atoms with Gasteiger partial charge in [0.2, 0.25) is 17.0 Å². The molecule has 9 heteroatoms. The monoisotopic (exact) mass is 307 g/mol. The van der Waals surface area contributed by atoms with Gasteiger partial charge >= 0.3 is 17.8 Å². The van der Waals surface area contributed by atoms with E-state index < -0.39 is 28.4 Å². The fourth-order valence-electron chi connectivity index (χ4n) is 1.95. The molecule has 0 unspecified atom stereocenters. The Morgan fingerprint density at radius 2 is 1.86 bits per heavy atom. The first-order valence-electron chi connectivity index (χ1n) is 6.51. The van der Waals surface area contributed by atoms with Gasteiger partial charge in [0.05, 0.1) is 13.2 Å². The third kappa shape index (κ3) is 2.60. The minimum Gasteiger partial charge on any atom is -0.461 e. The van der Waals surface area contributed by atoms with Gasteiger partial charge in [-0.15, -0.1) is 0 Å². The number of imidazole rings is 1. The fourth-order valence-corrected chi connectivity index (χ4v) is 1.95. The summed E-state index contributed by atoms with van der Waals surface area (Å²) in [5.74, 6) is -2.30. The zero-order valence-electron chi connectivity index (χ0n) is 11.9. The van der Waals surface area contributed by atoms with Gasteiger partial charge in [0.1, 0.15) is 0 Å². The molecule has 0 fully saturated rings. The minimum atomic E-state index is -0.923. The highest BCUT2D eigenvalue weighted by atomic mass is 16.6. The number of carbonyl (C=O) groups is 2. The van der Waals surface area contributed by atoms with Crippen molar-refractivity contribution < 1.29 is 24.0 Å². The van der Waals surface area contributed by atoms with Crippen LogP contribution in [0.1, 0.15) is 34.8 Å². The topological polar surface area (TPSA) is 113 Å². The van der Waals surface area contributed by atoms with E-state index in [1.165, 1.54) is 18.2 Å². The molecular formula is C13H13N3O6. The second-order valence-electron chi connectivity index (χ2n) is 4.09. The number of esters is 2. The highest BCUT2D eigenvalue weighted by molar-refractivity contribution is 5.94. The van der Waals surface area contributed by atoms with Gasteiger partial charge in [-0.1, -0.05) is 6.07 Å². The quantitative estimate of drug-likeness (QED) is 0.468. The molecule has 0 amide bonds. The molecule has 0 bridgehead atoms. The first kappa shape index (κ1) is 15.4. The lowest BCUT2D eigenvalue weighted by Crippen LogP contribution is -2.13. The second kappa shape index (κ2) is 6.20. The van der Waals surface area contributed by atoms with Gasteiger partial charge < -0.3 is 19.6 Å². The maximum absolute atomic E-state index is 11.9. The number of hydrogen-bond donors (Lipinski definition) is 0. The van der Waals surface area contributed by atoms with Crippen LogP contribution in [0.2, 0.25) is 0 Å². The molecule has 9 nitrogen and oxygen atoms in total. The molecular weight excluding hydrogens is 294 g/mol. The van der Waals surface area contributed by atoms with E-state index in [9.17, 15) is 19.7 Å². The maximum Gasteiger partial charge on any atom is 0.378 e. The van der Waals surface area contributed by atoms with Crippen LogP contribution >= 0.6 is 0 Å². The summed E-state index contributed by atoms with van der Waals surface area (Å²) in [6.45, 7) is 3.35. The molecule has 0 aliphatic heterocycles. The first-order valence-corrected chi connectivity index (χ1v) is 6.51. The van der Waals surface area contributed by atoms with Gasteiger partial charge in [0.15, 0.2) is 0 Å². The lowest BCUT2D eigenvalue weighted by Gasteiger charge is -2.02. The molecule has 0 spiro atoms. The summed E-state index contributed by atoms with van der Waals surface area (Å²) < 4.78 is 10.6. The summed E-state index contributed by atoms with van der Waals surface area (Å²) in [4.78, 5) is 38.2. The Morgan fingerprint density at radius 3 is 2.45 bits per heavy atom. The molecule has 0 radical (unpaired) electrons. The number of carbonyl (C=O) groups excluding carboxylic acids is 2. The van der Waals surface area contributed by atoms with E-state index in [0.717, 1.165) is 4.40 Å². The lowest BCUT2D eigenvalue weighted by atomic mass is 10.3. The molecule has 0 saturated heterocycles. The molecule has 0 atom stereocenters. The number of nitrogens with zero attached hydrogens (tertiary/aromatic N) is 3. The highest BCUT2D eigenvalue weighted by Crippen LogP contribution is 2.24. The normalized spacial score (nSPS) is 10.5. The molecule has 0 aliphatic rings. The van der Waals surface area contributed by atoms with Crippen LogP contribution in [0.4, 0.5) is 5.82 Å². The summed E-state index contributed by atoms with van der Waals surface area (Å²) >= 11 is 0. The molecule has 0 saturated carbocycles. The van der Waals surface area contributed by atoms with Crippen molar-refractivity contribution >= 4 is 23.4 Å². The van der Waals surface area contributed by atoms with Crippen LogP contribution in [0.15, 0.2) is 18.2 Å². The third-order valence-electron chi connectivity index (χ3n) is 2.75. The molecule has 22 heavy (non-hydrogen) atoms.